The molecule has 4 rings (SSSR count). The van der Waals surface area contributed by atoms with Gasteiger partial charge in [0.2, 0.25) is 17.7 Å². The van der Waals surface area contributed by atoms with Crippen molar-refractivity contribution in [3.63, 3.8) is 0 Å². The number of benzene rings is 1. The van der Waals surface area contributed by atoms with Gasteiger partial charge >= 0.3 is 0 Å². The molecular weight excluding hydrogens is 308 g/mol. The highest BCUT2D eigenvalue weighted by molar-refractivity contribution is 6.01. The normalized spacial score (nSPS) is 17.6. The molecule has 0 saturated carbocycles. The second kappa shape index (κ2) is 5.45. The molecule has 1 atom stereocenters. The Labute approximate surface area is 137 Å². The molecule has 1 aromatic carbocycles. The number of carbonyl (C=O) groups excluding carboxylic acids is 2. The quantitative estimate of drug-likeness (QED) is 0.791. The Morgan fingerprint density at radius 2 is 2.21 bits per heavy atom. The highest BCUT2D eigenvalue weighted by atomic mass is 16.3. The lowest BCUT2D eigenvalue weighted by Crippen LogP contribution is -2.28. The van der Waals surface area contributed by atoms with Crippen LogP contribution in [0.4, 0.5) is 5.69 Å². The van der Waals surface area contributed by atoms with Gasteiger partial charge < -0.3 is 15.1 Å². The molecule has 0 aliphatic carbocycles. The van der Waals surface area contributed by atoms with Crippen LogP contribution in [0.15, 0.2) is 47.1 Å². The lowest BCUT2D eigenvalue weighted by Gasteiger charge is -2.15. The summed E-state index contributed by atoms with van der Waals surface area (Å²) < 4.78 is 5.73. The third kappa shape index (κ3) is 2.40. The second-order valence-corrected chi connectivity index (χ2v) is 5.72. The molecule has 1 saturated heterocycles. The molecule has 0 unspecified atom stereocenters. The van der Waals surface area contributed by atoms with Crippen LogP contribution in [0.1, 0.15) is 6.42 Å². The van der Waals surface area contributed by atoms with Crippen molar-refractivity contribution in [2.75, 3.05) is 11.4 Å². The third-order valence-electron chi connectivity index (χ3n) is 4.12. The fraction of sp³-hybridized carbons (Fsp3) is 0.176. The molecule has 7 heteroatoms. The summed E-state index contributed by atoms with van der Waals surface area (Å²) in [6.07, 6.45) is 3.50. The number of aromatic nitrogens is 2. The van der Waals surface area contributed by atoms with E-state index < -0.39 is 11.8 Å². The maximum atomic E-state index is 12.1. The summed E-state index contributed by atoms with van der Waals surface area (Å²) >= 11 is 0. The van der Waals surface area contributed by atoms with E-state index in [1.54, 1.807) is 35.5 Å². The lowest BCUT2D eigenvalue weighted by atomic mass is 10.1. The molecule has 120 valence electrons. The van der Waals surface area contributed by atoms with Crippen molar-refractivity contribution in [3.05, 3.63) is 42.7 Å². The van der Waals surface area contributed by atoms with Gasteiger partial charge in [0.1, 0.15) is 5.52 Å². The Hall–Kier alpha value is -3.22. The minimum absolute atomic E-state index is 0.117. The predicted octanol–water partition coefficient (Wildman–Crippen LogP) is 1.73. The Morgan fingerprint density at radius 3 is 2.92 bits per heavy atom. The van der Waals surface area contributed by atoms with E-state index in [-0.39, 0.29) is 12.3 Å². The maximum absolute atomic E-state index is 12.1. The van der Waals surface area contributed by atoms with Crippen LogP contribution in [0, 0.1) is 5.92 Å². The number of nitrogens with two attached hydrogens (primary N) is 1. The number of anilines is 1. The molecule has 3 aromatic rings. The zero-order valence-electron chi connectivity index (χ0n) is 12.7. The standard InChI is InChI=1S/C17H14N4O3/c18-16(23)11-6-15(22)21(9-11)12-3-4-14-13(7-12)20-17(24-14)10-2-1-5-19-8-10/h1-5,7-8,11H,6,9H2,(H2,18,23)/t11-/m0/s1. The molecule has 1 aliphatic heterocycles. The average Bonchev–Trinajstić information content (AvgIpc) is 3.18. The highest BCUT2D eigenvalue weighted by Crippen LogP contribution is 2.30. The van der Waals surface area contributed by atoms with E-state index >= 15 is 0 Å². The van der Waals surface area contributed by atoms with E-state index in [1.807, 2.05) is 12.1 Å². The zero-order chi connectivity index (χ0) is 16.7. The van der Waals surface area contributed by atoms with Crippen molar-refractivity contribution in [2.45, 2.75) is 6.42 Å². The number of fused-ring (bicyclic) bond motifs is 1. The molecule has 0 radical (unpaired) electrons. The van der Waals surface area contributed by atoms with Crippen molar-refractivity contribution in [2.24, 2.45) is 11.7 Å². The Balaban J connectivity index is 1.69. The van der Waals surface area contributed by atoms with Crippen LogP contribution in [0.2, 0.25) is 0 Å². The third-order valence-corrected chi connectivity index (χ3v) is 4.12. The van der Waals surface area contributed by atoms with Crippen LogP contribution in [-0.4, -0.2) is 28.3 Å². The summed E-state index contributed by atoms with van der Waals surface area (Å²) in [5.74, 6) is -0.546. The summed E-state index contributed by atoms with van der Waals surface area (Å²) in [5, 5.41) is 0. The molecule has 2 N–H and O–H groups in total. The lowest BCUT2D eigenvalue weighted by molar-refractivity contribution is -0.123. The van der Waals surface area contributed by atoms with Crippen LogP contribution < -0.4 is 10.6 Å². The van der Waals surface area contributed by atoms with Crippen LogP contribution in [0.25, 0.3) is 22.6 Å². The summed E-state index contributed by atoms with van der Waals surface area (Å²) in [5.41, 5.74) is 8.03. The van der Waals surface area contributed by atoms with Gasteiger partial charge in [0.05, 0.1) is 11.5 Å². The Bertz CT molecular complexity index is 935. The Kier molecular flexibility index (Phi) is 3.26. The van der Waals surface area contributed by atoms with Gasteiger partial charge in [-0.1, -0.05) is 0 Å². The van der Waals surface area contributed by atoms with E-state index in [9.17, 15) is 9.59 Å². The highest BCUT2D eigenvalue weighted by Gasteiger charge is 2.34. The molecule has 0 spiro atoms. The smallest absolute Gasteiger partial charge is 0.228 e. The van der Waals surface area contributed by atoms with Crippen LogP contribution in [0.3, 0.4) is 0 Å². The molecule has 7 nitrogen and oxygen atoms in total. The van der Waals surface area contributed by atoms with Crippen LogP contribution in [0.5, 0.6) is 0 Å². The zero-order valence-corrected chi connectivity index (χ0v) is 12.7. The van der Waals surface area contributed by atoms with Gasteiger partial charge in [-0.25, -0.2) is 4.98 Å². The SMILES string of the molecule is NC(=O)[C@H]1CC(=O)N(c2ccc3oc(-c4cccnc4)nc3c2)C1. The predicted molar refractivity (Wildman–Crippen MR) is 86.9 cm³/mol. The number of nitrogens with zero attached hydrogens (tertiary/aromatic N) is 3. The maximum Gasteiger partial charge on any atom is 0.228 e. The van der Waals surface area contributed by atoms with E-state index in [2.05, 4.69) is 9.97 Å². The summed E-state index contributed by atoms with van der Waals surface area (Å²) in [6.45, 7) is 0.299. The molecule has 24 heavy (non-hydrogen) atoms. The van der Waals surface area contributed by atoms with Gasteiger partial charge in [0.15, 0.2) is 5.58 Å². The van der Waals surface area contributed by atoms with E-state index in [0.29, 0.717) is 29.2 Å². The number of pyridine rings is 1. The summed E-state index contributed by atoms with van der Waals surface area (Å²) in [7, 11) is 0. The molecule has 3 heterocycles. The van der Waals surface area contributed by atoms with Crippen molar-refractivity contribution < 1.29 is 14.0 Å². The fourth-order valence-electron chi connectivity index (χ4n) is 2.84. The molecule has 0 bridgehead atoms. The number of amides is 2. The minimum Gasteiger partial charge on any atom is -0.436 e. The van der Waals surface area contributed by atoms with Crippen molar-refractivity contribution >= 4 is 28.6 Å². The molecule has 2 aromatic heterocycles. The molecular formula is C17H14N4O3. The summed E-state index contributed by atoms with van der Waals surface area (Å²) in [6, 6.07) is 8.99. The first-order chi connectivity index (χ1) is 11.6. The van der Waals surface area contributed by atoms with Gasteiger partial charge in [-0.15, -0.1) is 0 Å². The van der Waals surface area contributed by atoms with E-state index in [1.165, 1.54) is 0 Å². The molecule has 1 aliphatic rings. The number of hydrogen-bond acceptors (Lipinski definition) is 5. The van der Waals surface area contributed by atoms with E-state index in [4.69, 9.17) is 10.2 Å². The van der Waals surface area contributed by atoms with Crippen LogP contribution in [-0.2, 0) is 9.59 Å². The van der Waals surface area contributed by atoms with Crippen molar-refractivity contribution in [3.8, 4) is 11.5 Å². The fourth-order valence-corrected chi connectivity index (χ4v) is 2.84. The number of carbonyl (C=O) groups is 2. The van der Waals surface area contributed by atoms with Crippen LogP contribution >= 0.6 is 0 Å². The number of oxazole rings is 1. The minimum atomic E-state index is -0.452. The van der Waals surface area contributed by atoms with Gasteiger partial charge in [0, 0.05) is 31.0 Å². The van der Waals surface area contributed by atoms with Gasteiger partial charge in [-0.2, -0.15) is 0 Å². The summed E-state index contributed by atoms with van der Waals surface area (Å²) in [4.78, 5) is 33.5. The van der Waals surface area contributed by atoms with Crippen molar-refractivity contribution in [1.29, 1.82) is 0 Å². The largest absolute Gasteiger partial charge is 0.436 e. The average molecular weight is 322 g/mol. The monoisotopic (exact) mass is 322 g/mol. The first kappa shape index (κ1) is 14.4. The topological polar surface area (TPSA) is 102 Å². The van der Waals surface area contributed by atoms with Crippen molar-refractivity contribution in [1.82, 2.24) is 9.97 Å². The first-order valence-corrected chi connectivity index (χ1v) is 7.52. The number of primary amides is 1. The first-order valence-electron chi connectivity index (χ1n) is 7.52. The number of rotatable bonds is 3. The Morgan fingerprint density at radius 1 is 1.33 bits per heavy atom. The second-order valence-electron chi connectivity index (χ2n) is 5.72. The number of hydrogen-bond donors (Lipinski definition) is 1. The van der Waals surface area contributed by atoms with E-state index in [0.717, 1.165) is 5.56 Å². The molecule has 2 amide bonds. The van der Waals surface area contributed by atoms with Gasteiger partial charge in [-0.3, -0.25) is 14.6 Å². The van der Waals surface area contributed by atoms with Gasteiger partial charge in [0.25, 0.3) is 0 Å². The van der Waals surface area contributed by atoms with Gasteiger partial charge in [-0.05, 0) is 30.3 Å². The molecule has 1 fully saturated rings.